The lowest BCUT2D eigenvalue weighted by Crippen LogP contribution is -2.39. The van der Waals surface area contributed by atoms with Crippen LogP contribution in [0.1, 0.15) is 32.4 Å². The lowest BCUT2D eigenvalue weighted by molar-refractivity contribution is 0.160. The quantitative estimate of drug-likeness (QED) is 0.901. The van der Waals surface area contributed by atoms with Crippen LogP contribution in [0.4, 0.5) is 0 Å². The van der Waals surface area contributed by atoms with Crippen LogP contribution in [0.15, 0.2) is 22.8 Å². The fourth-order valence-corrected chi connectivity index (χ4v) is 2.80. The van der Waals surface area contributed by atoms with Crippen LogP contribution in [0.2, 0.25) is 0 Å². The van der Waals surface area contributed by atoms with E-state index in [-0.39, 0.29) is 0 Å². The van der Waals surface area contributed by atoms with E-state index in [0.29, 0.717) is 6.04 Å². The van der Waals surface area contributed by atoms with Crippen molar-refractivity contribution in [3.8, 4) is 0 Å². The zero-order valence-electron chi connectivity index (χ0n) is 11.9. The minimum atomic E-state index is 0.570. The molecule has 0 aromatic carbocycles. The third-order valence-electron chi connectivity index (χ3n) is 3.84. The Labute approximate surface area is 124 Å². The SMILES string of the molecule is CC(C)N(Cc1ccc(Br)cn1)CC1CCNCC1. The van der Waals surface area contributed by atoms with Crippen LogP contribution in [0.3, 0.4) is 0 Å². The molecule has 2 rings (SSSR count). The summed E-state index contributed by atoms with van der Waals surface area (Å²) in [4.78, 5) is 7.04. The minimum Gasteiger partial charge on any atom is -0.317 e. The number of nitrogens with zero attached hydrogens (tertiary/aromatic N) is 2. The molecule has 0 saturated carbocycles. The Balaban J connectivity index is 1.93. The Morgan fingerprint density at radius 3 is 2.68 bits per heavy atom. The lowest BCUT2D eigenvalue weighted by atomic mass is 9.97. The van der Waals surface area contributed by atoms with Gasteiger partial charge in [0, 0.05) is 29.8 Å². The second kappa shape index (κ2) is 7.36. The van der Waals surface area contributed by atoms with Gasteiger partial charge in [0.2, 0.25) is 0 Å². The first kappa shape index (κ1) is 14.9. The molecule has 0 amide bonds. The molecule has 106 valence electrons. The normalized spacial score (nSPS) is 17.3. The Bertz CT molecular complexity index is 371. The monoisotopic (exact) mass is 325 g/mol. The molecule has 0 unspecified atom stereocenters. The van der Waals surface area contributed by atoms with Crippen molar-refractivity contribution in [3.05, 3.63) is 28.5 Å². The van der Waals surface area contributed by atoms with Gasteiger partial charge in [0.15, 0.2) is 0 Å². The maximum absolute atomic E-state index is 4.49. The second-order valence-corrected chi connectivity index (χ2v) is 6.60. The van der Waals surface area contributed by atoms with Crippen molar-refractivity contribution in [2.45, 2.75) is 39.3 Å². The number of hydrogen-bond acceptors (Lipinski definition) is 3. The fraction of sp³-hybridized carbons (Fsp3) is 0.667. The lowest BCUT2D eigenvalue weighted by Gasteiger charge is -2.32. The third kappa shape index (κ3) is 4.86. The van der Waals surface area contributed by atoms with E-state index in [0.717, 1.165) is 22.6 Å². The maximum atomic E-state index is 4.49. The van der Waals surface area contributed by atoms with E-state index in [1.165, 1.54) is 32.5 Å². The van der Waals surface area contributed by atoms with Crippen LogP contribution in [0.25, 0.3) is 0 Å². The number of halogens is 1. The van der Waals surface area contributed by atoms with Crippen LogP contribution >= 0.6 is 15.9 Å². The molecular weight excluding hydrogens is 302 g/mol. The van der Waals surface area contributed by atoms with E-state index in [4.69, 9.17) is 0 Å². The Kier molecular flexibility index (Phi) is 5.79. The molecule has 0 aliphatic carbocycles. The van der Waals surface area contributed by atoms with E-state index in [1.54, 1.807) is 0 Å². The van der Waals surface area contributed by atoms with Gasteiger partial charge in [0.25, 0.3) is 0 Å². The first-order valence-electron chi connectivity index (χ1n) is 7.20. The summed E-state index contributed by atoms with van der Waals surface area (Å²) in [6.45, 7) is 9.05. The van der Waals surface area contributed by atoms with Crippen molar-refractivity contribution in [1.82, 2.24) is 15.2 Å². The molecule has 0 radical (unpaired) electrons. The minimum absolute atomic E-state index is 0.570. The van der Waals surface area contributed by atoms with Crippen LogP contribution in [0.5, 0.6) is 0 Å². The van der Waals surface area contributed by atoms with E-state index in [1.807, 2.05) is 6.20 Å². The van der Waals surface area contributed by atoms with Crippen LogP contribution < -0.4 is 5.32 Å². The van der Waals surface area contributed by atoms with E-state index >= 15 is 0 Å². The number of piperidine rings is 1. The molecule has 4 heteroatoms. The summed E-state index contributed by atoms with van der Waals surface area (Å²) in [5.41, 5.74) is 1.16. The van der Waals surface area contributed by atoms with Crippen molar-refractivity contribution < 1.29 is 0 Å². The van der Waals surface area contributed by atoms with Gasteiger partial charge in [0.1, 0.15) is 0 Å². The fourth-order valence-electron chi connectivity index (χ4n) is 2.56. The van der Waals surface area contributed by atoms with Crippen molar-refractivity contribution in [2.24, 2.45) is 5.92 Å². The second-order valence-electron chi connectivity index (χ2n) is 5.68. The highest BCUT2D eigenvalue weighted by molar-refractivity contribution is 9.10. The van der Waals surface area contributed by atoms with Gasteiger partial charge in [-0.15, -0.1) is 0 Å². The molecule has 1 saturated heterocycles. The molecule has 1 fully saturated rings. The highest BCUT2D eigenvalue weighted by Gasteiger charge is 2.19. The molecule has 0 atom stereocenters. The van der Waals surface area contributed by atoms with Crippen LogP contribution in [0, 0.1) is 5.92 Å². The standard InChI is InChI=1S/C15H24BrN3/c1-12(2)19(10-13-5-7-17-8-6-13)11-15-4-3-14(16)9-18-15/h3-4,9,12-13,17H,5-8,10-11H2,1-2H3. The highest BCUT2D eigenvalue weighted by Crippen LogP contribution is 2.17. The van der Waals surface area contributed by atoms with Crippen LogP contribution in [-0.2, 0) is 6.54 Å². The van der Waals surface area contributed by atoms with Crippen molar-refractivity contribution >= 4 is 15.9 Å². The summed E-state index contributed by atoms with van der Waals surface area (Å²) in [6.07, 6.45) is 4.49. The molecule has 19 heavy (non-hydrogen) atoms. The molecule has 0 spiro atoms. The van der Waals surface area contributed by atoms with E-state index in [9.17, 15) is 0 Å². The zero-order valence-corrected chi connectivity index (χ0v) is 13.5. The molecular formula is C15H24BrN3. The summed E-state index contributed by atoms with van der Waals surface area (Å²) in [6, 6.07) is 4.76. The number of nitrogens with one attached hydrogen (secondary N) is 1. The van der Waals surface area contributed by atoms with Gasteiger partial charge in [-0.25, -0.2) is 0 Å². The third-order valence-corrected chi connectivity index (χ3v) is 4.30. The number of aromatic nitrogens is 1. The van der Waals surface area contributed by atoms with Crippen LogP contribution in [-0.4, -0.2) is 35.6 Å². The summed E-state index contributed by atoms with van der Waals surface area (Å²) in [5.74, 6) is 0.832. The summed E-state index contributed by atoms with van der Waals surface area (Å²) in [7, 11) is 0. The molecule has 1 aliphatic heterocycles. The first-order valence-corrected chi connectivity index (χ1v) is 7.99. The number of pyridine rings is 1. The number of rotatable bonds is 5. The summed E-state index contributed by atoms with van der Waals surface area (Å²) in [5, 5.41) is 3.44. The van der Waals surface area contributed by atoms with E-state index < -0.39 is 0 Å². The van der Waals surface area contributed by atoms with Crippen molar-refractivity contribution in [2.75, 3.05) is 19.6 Å². The average Bonchev–Trinajstić information content (AvgIpc) is 2.41. The van der Waals surface area contributed by atoms with Gasteiger partial charge in [0.05, 0.1) is 5.69 Å². The largest absolute Gasteiger partial charge is 0.317 e. The van der Waals surface area contributed by atoms with Gasteiger partial charge < -0.3 is 5.32 Å². The molecule has 1 aromatic heterocycles. The maximum Gasteiger partial charge on any atom is 0.0544 e. The Hall–Kier alpha value is -0.450. The number of hydrogen-bond donors (Lipinski definition) is 1. The molecule has 1 N–H and O–H groups in total. The van der Waals surface area contributed by atoms with Gasteiger partial charge >= 0.3 is 0 Å². The predicted octanol–water partition coefficient (Wildman–Crippen LogP) is 3.05. The topological polar surface area (TPSA) is 28.2 Å². The Morgan fingerprint density at radius 1 is 1.37 bits per heavy atom. The smallest absolute Gasteiger partial charge is 0.0544 e. The van der Waals surface area contributed by atoms with Gasteiger partial charge in [-0.3, -0.25) is 9.88 Å². The van der Waals surface area contributed by atoms with Crippen molar-refractivity contribution in [3.63, 3.8) is 0 Å². The molecule has 2 heterocycles. The van der Waals surface area contributed by atoms with E-state index in [2.05, 4.69) is 57.1 Å². The molecule has 3 nitrogen and oxygen atoms in total. The molecule has 1 aliphatic rings. The first-order chi connectivity index (χ1) is 9.15. The Morgan fingerprint density at radius 2 is 2.11 bits per heavy atom. The van der Waals surface area contributed by atoms with Crippen molar-refractivity contribution in [1.29, 1.82) is 0 Å². The summed E-state index contributed by atoms with van der Waals surface area (Å²) < 4.78 is 1.05. The predicted molar refractivity (Wildman–Crippen MR) is 83.1 cm³/mol. The van der Waals surface area contributed by atoms with Gasteiger partial charge in [-0.05, 0) is 73.8 Å². The zero-order chi connectivity index (χ0) is 13.7. The van der Waals surface area contributed by atoms with Gasteiger partial charge in [-0.2, -0.15) is 0 Å². The van der Waals surface area contributed by atoms with Gasteiger partial charge in [-0.1, -0.05) is 0 Å². The molecule has 1 aromatic rings. The summed E-state index contributed by atoms with van der Waals surface area (Å²) >= 11 is 3.44. The average molecular weight is 326 g/mol. The molecule has 0 bridgehead atoms. The highest BCUT2D eigenvalue weighted by atomic mass is 79.9.